The zero-order valence-corrected chi connectivity index (χ0v) is 5.51. The topological polar surface area (TPSA) is 87.8 Å². The van der Waals surface area contributed by atoms with E-state index in [9.17, 15) is 0 Å². The summed E-state index contributed by atoms with van der Waals surface area (Å²) in [6.45, 7) is 0. The number of aromatic nitrogens is 2. The quantitative estimate of drug-likeness (QED) is 0.389. The van der Waals surface area contributed by atoms with Crippen molar-refractivity contribution < 1.29 is 4.74 Å². The number of amidine groups is 1. The van der Waals surface area contributed by atoms with Crippen molar-refractivity contribution in [2.75, 3.05) is 7.11 Å². The average Bonchev–Trinajstić information content (AvgIpc) is 2.33. The minimum absolute atomic E-state index is 0.0990. The second-order valence-electron chi connectivity index (χ2n) is 1.72. The van der Waals surface area contributed by atoms with Gasteiger partial charge < -0.3 is 10.5 Å². The van der Waals surface area contributed by atoms with E-state index >= 15 is 0 Å². The van der Waals surface area contributed by atoms with Gasteiger partial charge >= 0.3 is 0 Å². The molecule has 5 heteroatoms. The lowest BCUT2D eigenvalue weighted by Gasteiger charge is -1.95. The van der Waals surface area contributed by atoms with Gasteiger partial charge in [-0.2, -0.15) is 5.10 Å². The van der Waals surface area contributed by atoms with Crippen molar-refractivity contribution in [3.05, 3.63) is 11.9 Å². The molecule has 1 rings (SSSR count). The summed E-state index contributed by atoms with van der Waals surface area (Å²) in [6, 6.07) is 0. The van der Waals surface area contributed by atoms with E-state index in [0.717, 1.165) is 0 Å². The molecule has 0 fully saturated rings. The Morgan fingerprint density at radius 1 is 1.90 bits per heavy atom. The molecule has 1 aromatic rings. The zero-order chi connectivity index (χ0) is 7.56. The standard InChI is InChI=1S/C5H8N4O/c1-10-3-2-8-9-4(3)5(6)7/h2H,1H3,(H3,6,7)(H,8,9). The number of rotatable bonds is 2. The van der Waals surface area contributed by atoms with Gasteiger partial charge in [-0.15, -0.1) is 0 Å². The number of nitrogens with one attached hydrogen (secondary N) is 2. The Kier molecular flexibility index (Phi) is 1.57. The summed E-state index contributed by atoms with van der Waals surface area (Å²) in [7, 11) is 1.50. The van der Waals surface area contributed by atoms with Gasteiger partial charge in [0, 0.05) is 0 Å². The molecule has 0 spiro atoms. The first kappa shape index (κ1) is 6.60. The summed E-state index contributed by atoms with van der Waals surface area (Å²) in [5, 5.41) is 13.2. The van der Waals surface area contributed by atoms with Crippen LogP contribution in [-0.4, -0.2) is 23.1 Å². The lowest BCUT2D eigenvalue weighted by molar-refractivity contribution is 0.414. The highest BCUT2D eigenvalue weighted by Crippen LogP contribution is 2.11. The van der Waals surface area contributed by atoms with Crippen molar-refractivity contribution in [1.29, 1.82) is 5.41 Å². The molecule has 0 radical (unpaired) electrons. The lowest BCUT2D eigenvalue weighted by atomic mass is 10.4. The molecule has 0 saturated heterocycles. The predicted octanol–water partition coefficient (Wildman–Crippen LogP) is -0.298. The van der Waals surface area contributed by atoms with E-state index in [4.69, 9.17) is 15.9 Å². The minimum Gasteiger partial charge on any atom is -0.493 e. The summed E-state index contributed by atoms with van der Waals surface area (Å²) >= 11 is 0. The number of aromatic amines is 1. The van der Waals surface area contributed by atoms with E-state index in [2.05, 4.69) is 10.2 Å². The Labute approximate surface area is 57.7 Å². The molecule has 0 aliphatic rings. The van der Waals surface area contributed by atoms with Crippen LogP contribution in [0.5, 0.6) is 5.75 Å². The molecule has 0 aliphatic heterocycles. The van der Waals surface area contributed by atoms with Gasteiger partial charge in [-0.05, 0) is 0 Å². The predicted molar refractivity (Wildman–Crippen MR) is 36.2 cm³/mol. The van der Waals surface area contributed by atoms with Crippen molar-refractivity contribution >= 4 is 5.84 Å². The Morgan fingerprint density at radius 2 is 2.60 bits per heavy atom. The maximum atomic E-state index is 7.01. The molecule has 1 aromatic heterocycles. The van der Waals surface area contributed by atoms with Gasteiger partial charge in [0.25, 0.3) is 0 Å². The van der Waals surface area contributed by atoms with Crippen LogP contribution < -0.4 is 10.5 Å². The molecule has 0 amide bonds. The van der Waals surface area contributed by atoms with Gasteiger partial charge in [0.15, 0.2) is 11.4 Å². The molecular formula is C5H8N4O. The summed E-state index contributed by atoms with van der Waals surface area (Å²) in [4.78, 5) is 0. The molecule has 54 valence electrons. The number of H-pyrrole nitrogens is 1. The third-order valence-electron chi connectivity index (χ3n) is 1.08. The number of nitrogens with zero attached hydrogens (tertiary/aromatic N) is 1. The van der Waals surface area contributed by atoms with Crippen molar-refractivity contribution in [2.45, 2.75) is 0 Å². The van der Waals surface area contributed by atoms with E-state index in [1.165, 1.54) is 13.3 Å². The van der Waals surface area contributed by atoms with Crippen LogP contribution in [0.15, 0.2) is 6.20 Å². The Balaban J connectivity index is 3.01. The summed E-state index contributed by atoms with van der Waals surface area (Å²) in [6.07, 6.45) is 1.54. The number of methoxy groups -OCH3 is 1. The zero-order valence-electron chi connectivity index (χ0n) is 5.51. The molecule has 0 atom stereocenters. The third kappa shape index (κ3) is 0.928. The summed E-state index contributed by atoms with van der Waals surface area (Å²) < 4.78 is 4.83. The molecule has 0 saturated carbocycles. The number of hydrogen-bond donors (Lipinski definition) is 3. The van der Waals surface area contributed by atoms with Crippen LogP contribution in [0.4, 0.5) is 0 Å². The Hall–Kier alpha value is -1.52. The SMILES string of the molecule is COc1c[nH]nc1C(=N)N. The molecule has 0 aliphatic carbocycles. The molecule has 0 unspecified atom stereocenters. The fourth-order valence-corrected chi connectivity index (χ4v) is 0.627. The first-order chi connectivity index (χ1) is 4.75. The number of hydrogen-bond acceptors (Lipinski definition) is 3. The van der Waals surface area contributed by atoms with Crippen LogP contribution >= 0.6 is 0 Å². The highest BCUT2D eigenvalue weighted by Gasteiger charge is 2.06. The normalized spacial score (nSPS) is 9.30. The van der Waals surface area contributed by atoms with Crippen LogP contribution in [0.25, 0.3) is 0 Å². The van der Waals surface area contributed by atoms with Crippen LogP contribution in [-0.2, 0) is 0 Å². The molecule has 10 heavy (non-hydrogen) atoms. The van der Waals surface area contributed by atoms with E-state index in [1.807, 2.05) is 0 Å². The van der Waals surface area contributed by atoms with Gasteiger partial charge in [-0.25, -0.2) is 0 Å². The largest absolute Gasteiger partial charge is 0.493 e. The van der Waals surface area contributed by atoms with E-state index in [1.54, 1.807) is 0 Å². The molecule has 0 aromatic carbocycles. The fourth-order valence-electron chi connectivity index (χ4n) is 0.627. The second-order valence-corrected chi connectivity index (χ2v) is 1.72. The first-order valence-electron chi connectivity index (χ1n) is 2.68. The summed E-state index contributed by atoms with van der Waals surface area (Å²) in [5.74, 6) is 0.394. The summed E-state index contributed by atoms with van der Waals surface area (Å²) in [5.41, 5.74) is 5.50. The van der Waals surface area contributed by atoms with Gasteiger partial charge in [0.05, 0.1) is 13.3 Å². The molecular weight excluding hydrogens is 132 g/mol. The van der Waals surface area contributed by atoms with Crippen LogP contribution in [0.3, 0.4) is 0 Å². The highest BCUT2D eigenvalue weighted by molar-refractivity contribution is 5.95. The Morgan fingerprint density at radius 3 is 3.00 bits per heavy atom. The number of nitrogens with two attached hydrogens (primary N) is 1. The van der Waals surface area contributed by atoms with Crippen molar-refractivity contribution in [3.8, 4) is 5.75 Å². The smallest absolute Gasteiger partial charge is 0.168 e. The van der Waals surface area contributed by atoms with E-state index in [0.29, 0.717) is 11.4 Å². The van der Waals surface area contributed by atoms with Crippen molar-refractivity contribution in [2.24, 2.45) is 5.73 Å². The monoisotopic (exact) mass is 140 g/mol. The molecule has 5 nitrogen and oxygen atoms in total. The number of ether oxygens (including phenoxy) is 1. The average molecular weight is 140 g/mol. The van der Waals surface area contributed by atoms with Crippen LogP contribution in [0.1, 0.15) is 5.69 Å². The van der Waals surface area contributed by atoms with E-state index in [-0.39, 0.29) is 5.84 Å². The second kappa shape index (κ2) is 2.38. The Bertz CT molecular complexity index is 242. The lowest BCUT2D eigenvalue weighted by Crippen LogP contribution is -2.12. The maximum absolute atomic E-state index is 7.01. The third-order valence-corrected chi connectivity index (χ3v) is 1.08. The number of nitrogen functional groups attached to an aromatic ring is 1. The van der Waals surface area contributed by atoms with Gasteiger partial charge in [-0.3, -0.25) is 10.5 Å². The fraction of sp³-hybridized carbons (Fsp3) is 0.200. The maximum Gasteiger partial charge on any atom is 0.168 e. The highest BCUT2D eigenvalue weighted by atomic mass is 16.5. The van der Waals surface area contributed by atoms with Crippen molar-refractivity contribution in [1.82, 2.24) is 10.2 Å². The first-order valence-corrected chi connectivity index (χ1v) is 2.68. The van der Waals surface area contributed by atoms with Crippen molar-refractivity contribution in [3.63, 3.8) is 0 Å². The van der Waals surface area contributed by atoms with Gasteiger partial charge in [0.2, 0.25) is 0 Å². The van der Waals surface area contributed by atoms with Gasteiger partial charge in [-0.1, -0.05) is 0 Å². The van der Waals surface area contributed by atoms with Crippen LogP contribution in [0, 0.1) is 5.41 Å². The minimum atomic E-state index is -0.0990. The molecule has 4 N–H and O–H groups in total. The van der Waals surface area contributed by atoms with Crippen LogP contribution in [0.2, 0.25) is 0 Å². The van der Waals surface area contributed by atoms with E-state index < -0.39 is 0 Å². The van der Waals surface area contributed by atoms with Gasteiger partial charge in [0.1, 0.15) is 5.84 Å². The molecule has 0 bridgehead atoms. The molecule has 1 heterocycles.